The number of fused-ring (bicyclic) bond motifs is 1. The van der Waals surface area contributed by atoms with Gasteiger partial charge < -0.3 is 0 Å². The van der Waals surface area contributed by atoms with Crippen LogP contribution in [-0.4, -0.2) is 24.0 Å². The number of nitro groups is 1. The molecule has 1 aromatic carbocycles. The van der Waals surface area contributed by atoms with Crippen molar-refractivity contribution < 1.29 is 4.92 Å². The molecule has 8 nitrogen and oxygen atoms in total. The van der Waals surface area contributed by atoms with Gasteiger partial charge in [0.05, 0.1) is 22.7 Å². The smallest absolute Gasteiger partial charge is 0.286 e. The number of hydrogen-bond acceptors (Lipinski definition) is 5. The van der Waals surface area contributed by atoms with E-state index in [2.05, 4.69) is 9.97 Å². The molecule has 0 unspecified atom stereocenters. The van der Waals surface area contributed by atoms with Gasteiger partial charge in [-0.3, -0.25) is 19.7 Å². The third-order valence-corrected chi connectivity index (χ3v) is 4.08. The summed E-state index contributed by atoms with van der Waals surface area (Å²) in [5, 5.41) is 11.1. The first kappa shape index (κ1) is 15.7. The topological polar surface area (TPSA) is 95.8 Å². The number of hydrogen-bond donors (Lipinski definition) is 0. The fraction of sp³-hybridized carbons (Fsp3) is 0.0556. The Morgan fingerprint density at radius 3 is 2.62 bits per heavy atom. The van der Waals surface area contributed by atoms with Crippen molar-refractivity contribution in [3.8, 4) is 5.69 Å². The summed E-state index contributed by atoms with van der Waals surface area (Å²) in [5.74, 6) is 0. The molecule has 0 aliphatic heterocycles. The van der Waals surface area contributed by atoms with Gasteiger partial charge in [-0.15, -0.1) is 0 Å². The number of nitrogens with zero attached hydrogens (tertiary/aromatic N) is 5. The highest BCUT2D eigenvalue weighted by Gasteiger charge is 2.17. The summed E-state index contributed by atoms with van der Waals surface area (Å²) < 4.78 is 2.99. The standard InChI is InChI=1S/C18H13N5O3/c24-18-21(12-13-6-9-19-10-7-13)16-5-2-8-20-17(16)22(18)14-3-1-4-15(11-14)23(25)26/h1-11H,12H2. The van der Waals surface area contributed by atoms with Crippen molar-refractivity contribution in [2.75, 3.05) is 0 Å². The molecule has 0 bridgehead atoms. The molecule has 4 aromatic rings. The molecule has 0 aliphatic carbocycles. The van der Waals surface area contributed by atoms with Crippen molar-refractivity contribution in [2.45, 2.75) is 6.54 Å². The van der Waals surface area contributed by atoms with Crippen molar-refractivity contribution in [1.29, 1.82) is 0 Å². The van der Waals surface area contributed by atoms with Crippen LogP contribution in [0.5, 0.6) is 0 Å². The van der Waals surface area contributed by atoms with Gasteiger partial charge >= 0.3 is 5.69 Å². The quantitative estimate of drug-likeness (QED) is 0.417. The van der Waals surface area contributed by atoms with Gasteiger partial charge in [-0.1, -0.05) is 6.07 Å². The molecule has 8 heteroatoms. The number of aromatic nitrogens is 4. The summed E-state index contributed by atoms with van der Waals surface area (Å²) >= 11 is 0. The van der Waals surface area contributed by atoms with Crippen LogP contribution in [0.4, 0.5) is 5.69 Å². The van der Waals surface area contributed by atoms with E-state index in [9.17, 15) is 14.9 Å². The molecular formula is C18H13N5O3. The maximum absolute atomic E-state index is 13.1. The van der Waals surface area contributed by atoms with Gasteiger partial charge in [-0.05, 0) is 35.9 Å². The molecule has 128 valence electrons. The molecule has 4 rings (SSSR count). The fourth-order valence-electron chi connectivity index (χ4n) is 2.89. The minimum Gasteiger partial charge on any atom is -0.286 e. The van der Waals surface area contributed by atoms with E-state index in [1.165, 1.54) is 16.7 Å². The van der Waals surface area contributed by atoms with E-state index in [0.29, 0.717) is 23.4 Å². The molecule has 0 atom stereocenters. The molecule has 0 saturated carbocycles. The normalized spacial score (nSPS) is 10.9. The highest BCUT2D eigenvalue weighted by molar-refractivity contribution is 5.74. The van der Waals surface area contributed by atoms with E-state index >= 15 is 0 Å². The Kier molecular flexibility index (Phi) is 3.77. The second-order valence-electron chi connectivity index (χ2n) is 5.68. The summed E-state index contributed by atoms with van der Waals surface area (Å²) in [7, 11) is 0. The van der Waals surface area contributed by atoms with Crippen LogP contribution in [0.3, 0.4) is 0 Å². The lowest BCUT2D eigenvalue weighted by molar-refractivity contribution is -0.384. The highest BCUT2D eigenvalue weighted by Crippen LogP contribution is 2.20. The van der Waals surface area contributed by atoms with Gasteiger partial charge in [0, 0.05) is 30.7 Å². The second-order valence-corrected chi connectivity index (χ2v) is 5.68. The molecule has 3 heterocycles. The summed E-state index contributed by atoms with van der Waals surface area (Å²) in [6.07, 6.45) is 4.92. The largest absolute Gasteiger partial charge is 0.335 e. The lowest BCUT2D eigenvalue weighted by Gasteiger charge is -2.03. The Morgan fingerprint density at radius 1 is 1.04 bits per heavy atom. The van der Waals surface area contributed by atoms with Crippen LogP contribution in [0.15, 0.2) is 71.9 Å². The van der Waals surface area contributed by atoms with Gasteiger partial charge in [0.25, 0.3) is 5.69 Å². The number of nitro benzene ring substituents is 1. The number of imidazole rings is 1. The van der Waals surface area contributed by atoms with E-state index in [1.807, 2.05) is 12.1 Å². The molecule has 0 N–H and O–H groups in total. The Labute approximate surface area is 147 Å². The van der Waals surface area contributed by atoms with Crippen LogP contribution >= 0.6 is 0 Å². The van der Waals surface area contributed by atoms with Crippen LogP contribution in [0, 0.1) is 10.1 Å². The van der Waals surface area contributed by atoms with Crippen molar-refractivity contribution in [3.05, 3.63) is 93.3 Å². The molecule has 0 radical (unpaired) electrons. The van der Waals surface area contributed by atoms with Crippen LogP contribution in [0.25, 0.3) is 16.9 Å². The Bertz CT molecular complexity index is 1160. The first-order valence-electron chi connectivity index (χ1n) is 7.85. The summed E-state index contributed by atoms with van der Waals surface area (Å²) in [6, 6.07) is 13.2. The van der Waals surface area contributed by atoms with Crippen molar-refractivity contribution in [2.24, 2.45) is 0 Å². The van der Waals surface area contributed by atoms with Crippen LogP contribution in [0.1, 0.15) is 5.56 Å². The third-order valence-electron chi connectivity index (χ3n) is 4.08. The third kappa shape index (κ3) is 2.63. The molecule has 26 heavy (non-hydrogen) atoms. The lowest BCUT2D eigenvalue weighted by atomic mass is 10.2. The average molecular weight is 347 g/mol. The molecular weight excluding hydrogens is 334 g/mol. The first-order valence-corrected chi connectivity index (χ1v) is 7.85. The van der Waals surface area contributed by atoms with Crippen LogP contribution in [-0.2, 0) is 6.54 Å². The van der Waals surface area contributed by atoms with Crippen molar-refractivity contribution >= 4 is 16.9 Å². The maximum Gasteiger partial charge on any atom is 0.335 e. The minimum atomic E-state index is -0.488. The molecule has 0 fully saturated rings. The molecule has 0 aliphatic rings. The minimum absolute atomic E-state index is 0.0830. The summed E-state index contributed by atoms with van der Waals surface area (Å²) in [5.41, 5.74) is 2.04. The molecule has 0 spiro atoms. The summed E-state index contributed by atoms with van der Waals surface area (Å²) in [6.45, 7) is 0.353. The van der Waals surface area contributed by atoms with Crippen molar-refractivity contribution in [1.82, 2.24) is 19.1 Å². The SMILES string of the molecule is O=c1n(Cc2ccncc2)c2cccnc2n1-c1cccc([N+](=O)[O-])c1. The lowest BCUT2D eigenvalue weighted by Crippen LogP contribution is -2.23. The van der Waals surface area contributed by atoms with Crippen LogP contribution < -0.4 is 5.69 Å². The zero-order chi connectivity index (χ0) is 18.1. The Morgan fingerprint density at radius 2 is 1.85 bits per heavy atom. The number of non-ortho nitro benzene ring substituents is 1. The Balaban J connectivity index is 1.94. The maximum atomic E-state index is 13.1. The predicted octanol–water partition coefficient (Wildman–Crippen LogP) is 2.54. The Hall–Kier alpha value is -3.81. The van der Waals surface area contributed by atoms with E-state index in [1.54, 1.807) is 47.4 Å². The van der Waals surface area contributed by atoms with E-state index in [4.69, 9.17) is 0 Å². The summed E-state index contributed by atoms with van der Waals surface area (Å²) in [4.78, 5) is 32.0. The van der Waals surface area contributed by atoms with Crippen LogP contribution in [0.2, 0.25) is 0 Å². The first-order chi connectivity index (χ1) is 12.6. The number of pyridine rings is 2. The monoisotopic (exact) mass is 347 g/mol. The van der Waals surface area contributed by atoms with E-state index in [-0.39, 0.29) is 11.4 Å². The van der Waals surface area contributed by atoms with Gasteiger partial charge in [0.1, 0.15) is 0 Å². The average Bonchev–Trinajstić information content (AvgIpc) is 2.94. The van der Waals surface area contributed by atoms with Crippen molar-refractivity contribution in [3.63, 3.8) is 0 Å². The van der Waals surface area contributed by atoms with E-state index in [0.717, 1.165) is 5.56 Å². The van der Waals surface area contributed by atoms with Gasteiger partial charge in [-0.25, -0.2) is 14.3 Å². The zero-order valence-corrected chi connectivity index (χ0v) is 13.5. The fourth-order valence-corrected chi connectivity index (χ4v) is 2.89. The number of rotatable bonds is 4. The van der Waals surface area contributed by atoms with E-state index < -0.39 is 4.92 Å². The second kappa shape index (κ2) is 6.25. The highest BCUT2D eigenvalue weighted by atomic mass is 16.6. The number of benzene rings is 1. The molecule has 0 amide bonds. The molecule has 3 aromatic heterocycles. The predicted molar refractivity (Wildman–Crippen MR) is 95.3 cm³/mol. The molecule has 0 saturated heterocycles. The van der Waals surface area contributed by atoms with Gasteiger partial charge in [0.15, 0.2) is 5.65 Å². The zero-order valence-electron chi connectivity index (χ0n) is 13.5. The van der Waals surface area contributed by atoms with Gasteiger partial charge in [-0.2, -0.15) is 0 Å². The van der Waals surface area contributed by atoms with Gasteiger partial charge in [0.2, 0.25) is 0 Å².